The average Bonchev–Trinajstić information content (AvgIpc) is 2.08. The SMILES string of the molecule is C[C@@H](O)[C@@H]1OCOC1(C)C. The predicted octanol–water partition coefficient (Wildman–Crippen LogP) is 0.519. The summed E-state index contributed by atoms with van der Waals surface area (Å²) in [6.45, 7) is 5.83. The van der Waals surface area contributed by atoms with Crippen molar-refractivity contribution in [2.24, 2.45) is 0 Å². The van der Waals surface area contributed by atoms with Gasteiger partial charge in [-0.15, -0.1) is 0 Å². The van der Waals surface area contributed by atoms with Crippen LogP contribution in [0.3, 0.4) is 0 Å². The van der Waals surface area contributed by atoms with Crippen molar-refractivity contribution in [3.63, 3.8) is 0 Å². The van der Waals surface area contributed by atoms with Gasteiger partial charge in [0.05, 0.1) is 11.7 Å². The first-order chi connectivity index (χ1) is 4.54. The summed E-state index contributed by atoms with van der Waals surface area (Å²) >= 11 is 0. The third kappa shape index (κ3) is 1.31. The second-order valence-electron chi connectivity index (χ2n) is 3.19. The van der Waals surface area contributed by atoms with E-state index in [0.29, 0.717) is 6.79 Å². The van der Waals surface area contributed by atoms with Crippen LogP contribution in [0.25, 0.3) is 0 Å². The molecule has 1 rings (SSSR count). The molecule has 0 radical (unpaired) electrons. The second-order valence-corrected chi connectivity index (χ2v) is 3.19. The highest BCUT2D eigenvalue weighted by Gasteiger charge is 2.39. The number of ether oxygens (including phenoxy) is 2. The summed E-state index contributed by atoms with van der Waals surface area (Å²) in [5, 5.41) is 9.18. The van der Waals surface area contributed by atoms with Crippen molar-refractivity contribution >= 4 is 0 Å². The van der Waals surface area contributed by atoms with Gasteiger partial charge in [0.15, 0.2) is 0 Å². The van der Waals surface area contributed by atoms with E-state index in [9.17, 15) is 5.11 Å². The first-order valence-corrected chi connectivity index (χ1v) is 3.47. The van der Waals surface area contributed by atoms with Crippen molar-refractivity contribution in [3.8, 4) is 0 Å². The van der Waals surface area contributed by atoms with Crippen molar-refractivity contribution < 1.29 is 14.6 Å². The number of aliphatic hydroxyl groups is 1. The molecule has 0 unspecified atom stereocenters. The van der Waals surface area contributed by atoms with Crippen molar-refractivity contribution in [1.82, 2.24) is 0 Å². The highest BCUT2D eigenvalue weighted by Crippen LogP contribution is 2.26. The predicted molar refractivity (Wildman–Crippen MR) is 36.6 cm³/mol. The third-order valence-corrected chi connectivity index (χ3v) is 1.80. The van der Waals surface area contributed by atoms with Crippen molar-refractivity contribution in [2.75, 3.05) is 6.79 Å². The topological polar surface area (TPSA) is 38.7 Å². The summed E-state index contributed by atoms with van der Waals surface area (Å²) in [6.07, 6.45) is -0.648. The molecule has 0 bridgehead atoms. The van der Waals surface area contributed by atoms with Gasteiger partial charge in [-0.05, 0) is 20.8 Å². The first kappa shape index (κ1) is 7.98. The van der Waals surface area contributed by atoms with Crippen LogP contribution in [0.15, 0.2) is 0 Å². The van der Waals surface area contributed by atoms with E-state index in [1.165, 1.54) is 0 Å². The molecule has 1 aliphatic heterocycles. The summed E-state index contributed by atoms with van der Waals surface area (Å²) in [6, 6.07) is 0. The van der Waals surface area contributed by atoms with Crippen LogP contribution in [0.1, 0.15) is 20.8 Å². The molecule has 0 aromatic carbocycles. The fraction of sp³-hybridized carbons (Fsp3) is 1.00. The molecule has 1 aliphatic rings. The lowest BCUT2D eigenvalue weighted by molar-refractivity contribution is -0.0131. The van der Waals surface area contributed by atoms with Gasteiger partial charge in [-0.3, -0.25) is 0 Å². The molecule has 2 atom stereocenters. The second kappa shape index (κ2) is 2.49. The molecular formula is C7H14O3. The molecular weight excluding hydrogens is 132 g/mol. The van der Waals surface area contributed by atoms with Gasteiger partial charge in [0.1, 0.15) is 12.9 Å². The van der Waals surface area contributed by atoms with Crippen molar-refractivity contribution in [2.45, 2.75) is 38.6 Å². The number of rotatable bonds is 1. The largest absolute Gasteiger partial charge is 0.391 e. The van der Waals surface area contributed by atoms with Gasteiger partial charge in [-0.25, -0.2) is 0 Å². The Bertz CT molecular complexity index is 120. The summed E-state index contributed by atoms with van der Waals surface area (Å²) in [5.74, 6) is 0. The monoisotopic (exact) mass is 146 g/mol. The molecule has 0 aromatic rings. The lowest BCUT2D eigenvalue weighted by atomic mass is 9.98. The maximum Gasteiger partial charge on any atom is 0.148 e. The molecule has 0 aliphatic carbocycles. The van der Waals surface area contributed by atoms with Gasteiger partial charge < -0.3 is 14.6 Å². The van der Waals surface area contributed by atoms with Crippen molar-refractivity contribution in [3.05, 3.63) is 0 Å². The van der Waals surface area contributed by atoms with Gasteiger partial charge in [-0.1, -0.05) is 0 Å². The standard InChI is InChI=1S/C7H14O3/c1-5(8)6-7(2,3)10-4-9-6/h5-6,8H,4H2,1-3H3/t5-,6+/m1/s1. The molecule has 1 heterocycles. The number of hydrogen-bond acceptors (Lipinski definition) is 3. The van der Waals surface area contributed by atoms with Crippen LogP contribution >= 0.6 is 0 Å². The van der Waals surface area contributed by atoms with E-state index >= 15 is 0 Å². The first-order valence-electron chi connectivity index (χ1n) is 3.47. The quantitative estimate of drug-likeness (QED) is 0.586. The van der Waals surface area contributed by atoms with Crippen LogP contribution in [0, 0.1) is 0 Å². The molecule has 1 fully saturated rings. The lowest BCUT2D eigenvalue weighted by Crippen LogP contribution is -2.40. The Balaban J connectivity index is 2.59. The zero-order valence-electron chi connectivity index (χ0n) is 6.63. The summed E-state index contributed by atoms with van der Waals surface area (Å²) in [5.41, 5.74) is -0.339. The Morgan fingerprint density at radius 3 is 2.40 bits per heavy atom. The number of aliphatic hydroxyl groups excluding tert-OH is 1. The maximum atomic E-state index is 9.18. The minimum Gasteiger partial charge on any atom is -0.391 e. The Morgan fingerprint density at radius 1 is 1.60 bits per heavy atom. The third-order valence-electron chi connectivity index (χ3n) is 1.80. The molecule has 0 spiro atoms. The normalized spacial score (nSPS) is 34.2. The highest BCUT2D eigenvalue weighted by molar-refractivity contribution is 4.86. The molecule has 1 saturated heterocycles. The lowest BCUT2D eigenvalue weighted by Gasteiger charge is -2.25. The summed E-state index contributed by atoms with van der Waals surface area (Å²) < 4.78 is 10.4. The van der Waals surface area contributed by atoms with Crippen LogP contribution in [-0.2, 0) is 9.47 Å². The molecule has 0 aromatic heterocycles. The van der Waals surface area contributed by atoms with Gasteiger partial charge in [0.25, 0.3) is 0 Å². The Kier molecular flexibility index (Phi) is 1.99. The smallest absolute Gasteiger partial charge is 0.148 e. The van der Waals surface area contributed by atoms with E-state index < -0.39 is 6.10 Å². The fourth-order valence-corrected chi connectivity index (χ4v) is 1.26. The minimum atomic E-state index is -0.461. The van der Waals surface area contributed by atoms with Crippen LogP contribution in [0.2, 0.25) is 0 Å². The zero-order valence-corrected chi connectivity index (χ0v) is 6.63. The van der Waals surface area contributed by atoms with Gasteiger partial charge >= 0.3 is 0 Å². The van der Waals surface area contributed by atoms with E-state index in [0.717, 1.165) is 0 Å². The molecule has 60 valence electrons. The Labute approximate surface area is 60.9 Å². The summed E-state index contributed by atoms with van der Waals surface area (Å²) in [4.78, 5) is 0. The zero-order chi connectivity index (χ0) is 7.78. The van der Waals surface area contributed by atoms with E-state index in [1.807, 2.05) is 13.8 Å². The maximum absolute atomic E-state index is 9.18. The van der Waals surface area contributed by atoms with Gasteiger partial charge in [-0.2, -0.15) is 0 Å². The van der Waals surface area contributed by atoms with E-state index in [2.05, 4.69) is 0 Å². The molecule has 3 nitrogen and oxygen atoms in total. The van der Waals surface area contributed by atoms with E-state index in [-0.39, 0.29) is 11.7 Å². The Hall–Kier alpha value is -0.120. The minimum absolute atomic E-state index is 0.188. The highest BCUT2D eigenvalue weighted by atomic mass is 16.7. The summed E-state index contributed by atoms with van der Waals surface area (Å²) in [7, 11) is 0. The number of hydrogen-bond donors (Lipinski definition) is 1. The van der Waals surface area contributed by atoms with Gasteiger partial charge in [0.2, 0.25) is 0 Å². The van der Waals surface area contributed by atoms with E-state index in [4.69, 9.17) is 9.47 Å². The fourth-order valence-electron chi connectivity index (χ4n) is 1.26. The Morgan fingerprint density at radius 2 is 2.20 bits per heavy atom. The van der Waals surface area contributed by atoms with Crippen LogP contribution < -0.4 is 0 Å². The molecule has 10 heavy (non-hydrogen) atoms. The molecule has 3 heteroatoms. The van der Waals surface area contributed by atoms with Crippen LogP contribution in [0.4, 0.5) is 0 Å². The van der Waals surface area contributed by atoms with Crippen LogP contribution in [-0.4, -0.2) is 29.7 Å². The average molecular weight is 146 g/mol. The molecule has 1 N–H and O–H groups in total. The molecule has 0 amide bonds. The van der Waals surface area contributed by atoms with Crippen molar-refractivity contribution in [1.29, 1.82) is 0 Å². The van der Waals surface area contributed by atoms with E-state index in [1.54, 1.807) is 6.92 Å². The molecule has 0 saturated carbocycles. The van der Waals surface area contributed by atoms with Crippen LogP contribution in [0.5, 0.6) is 0 Å². The van der Waals surface area contributed by atoms with Gasteiger partial charge in [0, 0.05) is 0 Å².